The lowest BCUT2D eigenvalue weighted by Gasteiger charge is -2.29. The molecule has 0 spiro atoms. The zero-order chi connectivity index (χ0) is 28.2. The average Bonchev–Trinajstić information content (AvgIpc) is 2.96. The van der Waals surface area contributed by atoms with E-state index in [1.165, 1.54) is 0 Å². The monoisotopic (exact) mass is 565 g/mol. The van der Waals surface area contributed by atoms with Crippen LogP contribution in [0, 0.1) is 12.7 Å². The van der Waals surface area contributed by atoms with Crippen LogP contribution in [-0.4, -0.2) is 63.7 Å². The van der Waals surface area contributed by atoms with E-state index in [-0.39, 0.29) is 12.4 Å². The third-order valence-electron chi connectivity index (χ3n) is 6.89. The Morgan fingerprint density at radius 1 is 1.20 bits per heavy atom. The molecule has 1 saturated heterocycles. The summed E-state index contributed by atoms with van der Waals surface area (Å²) in [6.45, 7) is 4.52. The molecule has 3 N–H and O–H groups in total. The highest BCUT2D eigenvalue weighted by Gasteiger charge is 2.22. The number of halogens is 1. The van der Waals surface area contributed by atoms with Crippen LogP contribution < -0.4 is 20.1 Å². The van der Waals surface area contributed by atoms with E-state index >= 15 is 4.39 Å². The summed E-state index contributed by atoms with van der Waals surface area (Å²) in [7, 11) is 1.56. The van der Waals surface area contributed by atoms with Crippen molar-refractivity contribution in [3.8, 4) is 28.3 Å². The topological polar surface area (TPSA) is 139 Å². The lowest BCUT2D eigenvalue weighted by atomic mass is 9.98. The predicted octanol–water partition coefficient (Wildman–Crippen LogP) is 3.55. The summed E-state index contributed by atoms with van der Waals surface area (Å²) in [4.78, 5) is 16.2. The van der Waals surface area contributed by atoms with Gasteiger partial charge in [-0.2, -0.15) is 0 Å². The molecule has 1 fully saturated rings. The Kier molecular flexibility index (Phi) is 8.50. The molecule has 2 aromatic heterocycles. The summed E-state index contributed by atoms with van der Waals surface area (Å²) >= 11 is -2.34. The number of nitrogens with one attached hydrogen (secondary N) is 1. The summed E-state index contributed by atoms with van der Waals surface area (Å²) in [5, 5.41) is 0.729. The summed E-state index contributed by atoms with van der Waals surface area (Å²) < 4.78 is 50.9. The molecule has 0 bridgehead atoms. The van der Waals surface area contributed by atoms with Crippen LogP contribution in [0.5, 0.6) is 5.75 Å². The molecule has 0 amide bonds. The number of hydrogen-bond donors (Lipinski definition) is 2. The number of aromatic nitrogens is 3. The molecular formula is C28H30FN6O4S-. The van der Waals surface area contributed by atoms with Crippen LogP contribution in [0.4, 0.5) is 16.0 Å². The lowest BCUT2D eigenvalue weighted by Crippen LogP contribution is -2.37. The molecule has 1 aliphatic rings. The molecule has 10 nitrogen and oxygen atoms in total. The first-order valence-corrected chi connectivity index (χ1v) is 14.0. The molecule has 4 aromatic rings. The first kappa shape index (κ1) is 27.8. The number of nitrogen functional groups attached to an aromatic ring is 1. The van der Waals surface area contributed by atoms with Gasteiger partial charge in [-0.15, -0.1) is 0 Å². The number of fused-ring (bicyclic) bond motifs is 1. The molecule has 3 heterocycles. The van der Waals surface area contributed by atoms with Crippen LogP contribution in [0.3, 0.4) is 0 Å². The van der Waals surface area contributed by atoms with Gasteiger partial charge in [0.05, 0.1) is 20.3 Å². The quantitative estimate of drug-likeness (QED) is 0.230. The van der Waals surface area contributed by atoms with E-state index in [2.05, 4.69) is 14.6 Å². The van der Waals surface area contributed by atoms with Gasteiger partial charge < -0.3 is 24.7 Å². The second-order valence-electron chi connectivity index (χ2n) is 9.48. The number of ether oxygens (including phenoxy) is 2. The Balaban J connectivity index is 1.63. The van der Waals surface area contributed by atoms with E-state index in [9.17, 15) is 8.76 Å². The summed E-state index contributed by atoms with van der Waals surface area (Å²) in [5.41, 5.74) is 9.62. The van der Waals surface area contributed by atoms with E-state index < -0.39 is 11.3 Å². The minimum absolute atomic E-state index is 0.231. The Bertz CT molecular complexity index is 1560. The van der Waals surface area contributed by atoms with Gasteiger partial charge in [0.15, 0.2) is 5.82 Å². The van der Waals surface area contributed by atoms with Crippen molar-refractivity contribution in [1.82, 2.24) is 19.7 Å². The fourth-order valence-electron chi connectivity index (χ4n) is 4.78. The normalized spacial score (nSPS) is 14.4. The number of anilines is 2. The first-order valence-electron chi connectivity index (χ1n) is 12.9. The van der Waals surface area contributed by atoms with Crippen molar-refractivity contribution in [2.45, 2.75) is 19.8 Å². The number of pyridine rings is 1. The third-order valence-corrected chi connectivity index (χ3v) is 7.33. The van der Waals surface area contributed by atoms with Crippen molar-refractivity contribution in [2.75, 3.05) is 50.6 Å². The SMILES string of the molecule is COc1cc(-c2cccc(CCCNS(=O)[O-])c2F)cc2c(N3CCOCC3)nc(-c3cnc(N)c(C)c3)nc12. The Morgan fingerprint density at radius 2 is 2.00 bits per heavy atom. The van der Waals surface area contributed by atoms with Crippen molar-refractivity contribution in [3.63, 3.8) is 0 Å². The molecule has 210 valence electrons. The van der Waals surface area contributed by atoms with Crippen LogP contribution in [-0.2, 0) is 22.4 Å². The Labute approximate surface area is 234 Å². The predicted molar refractivity (Wildman–Crippen MR) is 152 cm³/mol. The molecule has 2 aromatic carbocycles. The van der Waals surface area contributed by atoms with Crippen molar-refractivity contribution in [3.05, 3.63) is 59.5 Å². The van der Waals surface area contributed by atoms with E-state index in [1.807, 2.05) is 19.1 Å². The summed E-state index contributed by atoms with van der Waals surface area (Å²) in [6.07, 6.45) is 2.50. The minimum atomic E-state index is -2.34. The number of rotatable bonds is 9. The van der Waals surface area contributed by atoms with Gasteiger partial charge in [-0.3, -0.25) is 4.21 Å². The maximum atomic E-state index is 15.7. The number of methoxy groups -OCH3 is 1. The molecule has 1 unspecified atom stereocenters. The zero-order valence-electron chi connectivity index (χ0n) is 22.3. The zero-order valence-corrected chi connectivity index (χ0v) is 23.1. The number of nitrogens with two attached hydrogens (primary N) is 1. The van der Waals surface area contributed by atoms with Gasteiger partial charge in [0.2, 0.25) is 0 Å². The minimum Gasteiger partial charge on any atom is -0.760 e. The van der Waals surface area contributed by atoms with Gasteiger partial charge in [-0.25, -0.2) is 24.1 Å². The molecule has 0 saturated carbocycles. The van der Waals surface area contributed by atoms with Gasteiger partial charge in [-0.05, 0) is 54.7 Å². The molecule has 5 rings (SSSR count). The van der Waals surface area contributed by atoms with Gasteiger partial charge in [0.1, 0.15) is 28.7 Å². The van der Waals surface area contributed by atoms with Crippen molar-refractivity contribution in [1.29, 1.82) is 0 Å². The lowest BCUT2D eigenvalue weighted by molar-refractivity contribution is 0.122. The molecule has 1 atom stereocenters. The second-order valence-corrected chi connectivity index (χ2v) is 10.2. The number of benzene rings is 2. The van der Waals surface area contributed by atoms with Crippen LogP contribution in [0.2, 0.25) is 0 Å². The highest BCUT2D eigenvalue weighted by Crippen LogP contribution is 2.38. The first-order chi connectivity index (χ1) is 19.4. The number of nitrogens with zero attached hydrogens (tertiary/aromatic N) is 4. The number of aryl methyl sites for hydroxylation is 2. The molecule has 12 heteroatoms. The third kappa shape index (κ3) is 5.89. The maximum Gasteiger partial charge on any atom is 0.163 e. The van der Waals surface area contributed by atoms with E-state index in [1.54, 1.807) is 37.6 Å². The van der Waals surface area contributed by atoms with Crippen LogP contribution >= 0.6 is 0 Å². The van der Waals surface area contributed by atoms with Crippen LogP contribution in [0.15, 0.2) is 42.6 Å². The number of hydrogen-bond acceptors (Lipinski definition) is 9. The van der Waals surface area contributed by atoms with Gasteiger partial charge >= 0.3 is 0 Å². The number of morpholine rings is 1. The van der Waals surface area contributed by atoms with Gasteiger partial charge in [0, 0.05) is 53.6 Å². The smallest absolute Gasteiger partial charge is 0.163 e. The van der Waals surface area contributed by atoms with Crippen molar-refractivity contribution in [2.24, 2.45) is 0 Å². The second kappa shape index (κ2) is 12.2. The fraction of sp³-hybridized carbons (Fsp3) is 0.321. The summed E-state index contributed by atoms with van der Waals surface area (Å²) in [6, 6.07) is 10.8. The summed E-state index contributed by atoms with van der Waals surface area (Å²) in [5.74, 6) is 1.75. The fourth-order valence-corrected chi connectivity index (χ4v) is 5.09. The van der Waals surface area contributed by atoms with Crippen LogP contribution in [0.25, 0.3) is 33.4 Å². The standard InChI is InChI=1S/C28H31FN6O4S/c1-17-13-20(16-31-26(17)30)27-33-25-22(28(34-27)35-9-11-39-12-10-35)14-19(15-23(25)38-2)21-7-3-5-18(24(21)29)6-4-8-32-40(36)37/h3,5,7,13-16,32H,4,6,8-12H2,1-2H3,(H2,30,31)(H,36,37)/p-1. The highest BCUT2D eigenvalue weighted by atomic mass is 32.2. The van der Waals surface area contributed by atoms with Crippen LogP contribution in [0.1, 0.15) is 17.5 Å². The molecule has 40 heavy (non-hydrogen) atoms. The highest BCUT2D eigenvalue weighted by molar-refractivity contribution is 7.77. The van der Waals surface area contributed by atoms with Gasteiger partial charge in [0.25, 0.3) is 0 Å². The maximum absolute atomic E-state index is 15.7. The van der Waals surface area contributed by atoms with E-state index in [0.29, 0.717) is 84.6 Å². The molecular weight excluding hydrogens is 535 g/mol. The van der Waals surface area contributed by atoms with Gasteiger partial charge in [-0.1, -0.05) is 18.2 Å². The average molecular weight is 566 g/mol. The van der Waals surface area contributed by atoms with Crippen molar-refractivity contribution >= 4 is 33.8 Å². The Hall–Kier alpha value is -3.71. The molecule has 0 aliphatic carbocycles. The van der Waals surface area contributed by atoms with E-state index in [0.717, 1.165) is 16.5 Å². The largest absolute Gasteiger partial charge is 0.760 e. The molecule has 0 radical (unpaired) electrons. The molecule has 1 aliphatic heterocycles. The van der Waals surface area contributed by atoms with Crippen molar-refractivity contribution < 1.29 is 22.6 Å². The Morgan fingerprint density at radius 3 is 2.73 bits per heavy atom. The van der Waals surface area contributed by atoms with E-state index in [4.69, 9.17) is 25.2 Å².